The van der Waals surface area contributed by atoms with Gasteiger partial charge in [0.2, 0.25) is 5.91 Å². The van der Waals surface area contributed by atoms with E-state index in [0.717, 1.165) is 18.8 Å². The van der Waals surface area contributed by atoms with E-state index < -0.39 is 0 Å². The van der Waals surface area contributed by atoms with Crippen molar-refractivity contribution in [2.75, 3.05) is 20.3 Å². The van der Waals surface area contributed by atoms with Crippen molar-refractivity contribution in [1.82, 2.24) is 5.32 Å². The highest BCUT2D eigenvalue weighted by Gasteiger charge is 2.43. The Kier molecular flexibility index (Phi) is 4.40. The third kappa shape index (κ3) is 2.99. The van der Waals surface area contributed by atoms with Gasteiger partial charge in [-0.3, -0.25) is 4.79 Å². The van der Waals surface area contributed by atoms with Gasteiger partial charge >= 0.3 is 0 Å². The molecule has 0 aromatic rings. The van der Waals surface area contributed by atoms with Crippen molar-refractivity contribution in [3.05, 3.63) is 0 Å². The smallest absolute Gasteiger partial charge is 0.223 e. The Morgan fingerprint density at radius 2 is 2.29 bits per heavy atom. The van der Waals surface area contributed by atoms with Crippen LogP contribution in [0.15, 0.2) is 0 Å². The molecule has 2 fully saturated rings. The van der Waals surface area contributed by atoms with Crippen molar-refractivity contribution in [2.45, 2.75) is 38.1 Å². The molecule has 2 rings (SSSR count). The van der Waals surface area contributed by atoms with Crippen LogP contribution in [0, 0.1) is 17.8 Å². The zero-order valence-corrected chi connectivity index (χ0v) is 10.7. The number of nitrogens with one attached hydrogen (secondary N) is 1. The fraction of sp³-hybridized carbons (Fsp3) is 0.923. The molecule has 0 heterocycles. The van der Waals surface area contributed by atoms with Crippen LogP contribution in [0.4, 0.5) is 0 Å². The van der Waals surface area contributed by atoms with Crippen LogP contribution in [0.25, 0.3) is 0 Å². The van der Waals surface area contributed by atoms with E-state index in [4.69, 9.17) is 10.5 Å². The summed E-state index contributed by atoms with van der Waals surface area (Å²) in [5, 5.41) is 3.10. The predicted molar refractivity (Wildman–Crippen MR) is 66.4 cm³/mol. The number of carbonyl (C=O) groups excluding carboxylic acids is 1. The average molecular weight is 240 g/mol. The lowest BCUT2D eigenvalue weighted by molar-refractivity contribution is -0.127. The van der Waals surface area contributed by atoms with Gasteiger partial charge in [0.15, 0.2) is 0 Å². The van der Waals surface area contributed by atoms with E-state index in [1.807, 2.05) is 0 Å². The quantitative estimate of drug-likeness (QED) is 0.725. The molecule has 2 aliphatic carbocycles. The summed E-state index contributed by atoms with van der Waals surface area (Å²) >= 11 is 0. The highest BCUT2D eigenvalue weighted by molar-refractivity contribution is 5.79. The topological polar surface area (TPSA) is 64.3 Å². The lowest BCUT2D eigenvalue weighted by Crippen LogP contribution is -2.43. The molecular formula is C13H24N2O2. The highest BCUT2D eigenvalue weighted by atomic mass is 16.5. The standard InChI is InChI=1S/C13H24N2O2/c1-17-8-11(4-5-14)15-13(16)12-7-9-2-3-10(12)6-9/h9-12H,2-8,14H2,1H3,(H,15,16). The van der Waals surface area contributed by atoms with Gasteiger partial charge in [0.25, 0.3) is 0 Å². The number of fused-ring (bicyclic) bond motifs is 2. The summed E-state index contributed by atoms with van der Waals surface area (Å²) in [6.45, 7) is 1.15. The number of ether oxygens (including phenoxy) is 1. The number of hydrogen-bond donors (Lipinski definition) is 2. The second-order valence-electron chi connectivity index (χ2n) is 5.52. The number of amides is 1. The normalized spacial score (nSPS) is 32.7. The van der Waals surface area contributed by atoms with Crippen molar-refractivity contribution >= 4 is 5.91 Å². The molecule has 17 heavy (non-hydrogen) atoms. The van der Waals surface area contributed by atoms with Crippen LogP contribution in [-0.2, 0) is 9.53 Å². The summed E-state index contributed by atoms with van der Waals surface area (Å²) in [7, 11) is 1.66. The molecule has 4 atom stereocenters. The average Bonchev–Trinajstić information content (AvgIpc) is 2.91. The molecule has 0 aromatic carbocycles. The van der Waals surface area contributed by atoms with Gasteiger partial charge < -0.3 is 15.8 Å². The first-order valence-corrected chi connectivity index (χ1v) is 6.74. The van der Waals surface area contributed by atoms with E-state index in [2.05, 4.69) is 5.32 Å². The molecule has 0 aliphatic heterocycles. The summed E-state index contributed by atoms with van der Waals surface area (Å²) in [5.41, 5.74) is 5.54. The first-order valence-electron chi connectivity index (χ1n) is 6.74. The molecule has 98 valence electrons. The molecular weight excluding hydrogens is 216 g/mol. The molecule has 2 bridgehead atoms. The monoisotopic (exact) mass is 240 g/mol. The minimum absolute atomic E-state index is 0.0802. The van der Waals surface area contributed by atoms with Crippen LogP contribution in [0.5, 0.6) is 0 Å². The Balaban J connectivity index is 1.82. The van der Waals surface area contributed by atoms with Gasteiger partial charge in [0, 0.05) is 13.0 Å². The molecule has 0 radical (unpaired) electrons. The van der Waals surface area contributed by atoms with Crippen LogP contribution in [0.3, 0.4) is 0 Å². The lowest BCUT2D eigenvalue weighted by atomic mass is 9.88. The summed E-state index contributed by atoms with van der Waals surface area (Å²) in [6.07, 6.45) is 5.73. The molecule has 2 saturated carbocycles. The summed E-state index contributed by atoms with van der Waals surface area (Å²) < 4.78 is 5.11. The van der Waals surface area contributed by atoms with Crippen LogP contribution >= 0.6 is 0 Å². The maximum atomic E-state index is 12.2. The molecule has 4 unspecified atom stereocenters. The van der Waals surface area contributed by atoms with E-state index in [9.17, 15) is 4.79 Å². The molecule has 3 N–H and O–H groups in total. The first-order chi connectivity index (χ1) is 8.24. The number of nitrogens with two attached hydrogens (primary N) is 1. The van der Waals surface area contributed by atoms with Gasteiger partial charge in [0.1, 0.15) is 0 Å². The van der Waals surface area contributed by atoms with Crippen molar-refractivity contribution in [1.29, 1.82) is 0 Å². The van der Waals surface area contributed by atoms with Gasteiger partial charge in [-0.25, -0.2) is 0 Å². The van der Waals surface area contributed by atoms with E-state index in [-0.39, 0.29) is 17.9 Å². The molecule has 0 saturated heterocycles. The molecule has 4 nitrogen and oxygen atoms in total. The Hall–Kier alpha value is -0.610. The van der Waals surface area contributed by atoms with Crippen molar-refractivity contribution in [2.24, 2.45) is 23.5 Å². The Bertz CT molecular complexity index is 264. The Labute approximate surface area is 103 Å². The van der Waals surface area contributed by atoms with Crippen LogP contribution < -0.4 is 11.1 Å². The number of hydrogen-bond acceptors (Lipinski definition) is 3. The van der Waals surface area contributed by atoms with E-state index in [1.54, 1.807) is 7.11 Å². The number of carbonyl (C=O) groups is 1. The van der Waals surface area contributed by atoms with Crippen LogP contribution in [0.2, 0.25) is 0 Å². The van der Waals surface area contributed by atoms with Crippen LogP contribution in [-0.4, -0.2) is 32.2 Å². The maximum absolute atomic E-state index is 12.2. The molecule has 2 aliphatic rings. The zero-order chi connectivity index (χ0) is 12.3. The van der Waals surface area contributed by atoms with Crippen molar-refractivity contribution in [3.8, 4) is 0 Å². The van der Waals surface area contributed by atoms with E-state index in [1.165, 1.54) is 19.3 Å². The van der Waals surface area contributed by atoms with E-state index in [0.29, 0.717) is 19.1 Å². The Morgan fingerprint density at radius 3 is 2.82 bits per heavy atom. The summed E-state index contributed by atoms with van der Waals surface area (Å²) in [5.74, 6) is 1.94. The summed E-state index contributed by atoms with van der Waals surface area (Å²) in [6, 6.07) is 0.0802. The molecule has 0 aromatic heterocycles. The minimum atomic E-state index is 0.0802. The van der Waals surface area contributed by atoms with Gasteiger partial charge in [-0.1, -0.05) is 6.42 Å². The fourth-order valence-electron chi connectivity index (χ4n) is 3.47. The third-order valence-electron chi connectivity index (χ3n) is 4.30. The number of rotatable bonds is 6. The van der Waals surface area contributed by atoms with Crippen molar-refractivity contribution in [3.63, 3.8) is 0 Å². The molecule has 1 amide bonds. The second-order valence-corrected chi connectivity index (χ2v) is 5.52. The predicted octanol–water partition coefficient (Wildman–Crippen LogP) is 0.903. The van der Waals surface area contributed by atoms with Gasteiger partial charge in [-0.15, -0.1) is 0 Å². The molecule has 0 spiro atoms. The van der Waals surface area contributed by atoms with Crippen molar-refractivity contribution < 1.29 is 9.53 Å². The largest absolute Gasteiger partial charge is 0.383 e. The third-order valence-corrected chi connectivity index (χ3v) is 4.30. The first kappa shape index (κ1) is 12.8. The summed E-state index contributed by atoms with van der Waals surface area (Å²) in [4.78, 5) is 12.2. The van der Waals surface area contributed by atoms with Gasteiger partial charge in [-0.2, -0.15) is 0 Å². The number of methoxy groups -OCH3 is 1. The van der Waals surface area contributed by atoms with Gasteiger partial charge in [-0.05, 0) is 44.1 Å². The highest BCUT2D eigenvalue weighted by Crippen LogP contribution is 2.48. The van der Waals surface area contributed by atoms with Gasteiger partial charge in [0.05, 0.1) is 12.6 Å². The minimum Gasteiger partial charge on any atom is -0.383 e. The maximum Gasteiger partial charge on any atom is 0.223 e. The zero-order valence-electron chi connectivity index (χ0n) is 10.7. The Morgan fingerprint density at radius 1 is 1.47 bits per heavy atom. The lowest BCUT2D eigenvalue weighted by Gasteiger charge is -2.24. The van der Waals surface area contributed by atoms with E-state index >= 15 is 0 Å². The molecule has 4 heteroatoms. The van der Waals surface area contributed by atoms with Crippen LogP contribution in [0.1, 0.15) is 32.1 Å². The SMILES string of the molecule is COCC(CCN)NC(=O)C1CC2CCC1C2. The second kappa shape index (κ2) is 5.83. The fourth-order valence-corrected chi connectivity index (χ4v) is 3.47.